The van der Waals surface area contributed by atoms with Crippen molar-refractivity contribution in [3.05, 3.63) is 34.4 Å². The van der Waals surface area contributed by atoms with Gasteiger partial charge in [-0.05, 0) is 52.2 Å². The molecule has 0 bridgehead atoms. The van der Waals surface area contributed by atoms with E-state index in [4.69, 9.17) is 9.31 Å². The van der Waals surface area contributed by atoms with Crippen molar-refractivity contribution in [2.75, 3.05) is 0 Å². The Morgan fingerprint density at radius 1 is 1.14 bits per heavy atom. The van der Waals surface area contributed by atoms with E-state index >= 15 is 0 Å². The zero-order valence-corrected chi connectivity index (χ0v) is 13.9. The molecule has 5 nitrogen and oxygen atoms in total. The molecule has 0 N–H and O–H groups in total. The number of nitrogens with zero attached hydrogens (tertiary/aromatic N) is 2. The maximum Gasteiger partial charge on any atom is 0.494 e. The van der Waals surface area contributed by atoms with E-state index in [1.807, 2.05) is 46.8 Å². The lowest BCUT2D eigenvalue weighted by molar-refractivity contribution is 0.00578. The van der Waals surface area contributed by atoms with Crippen molar-refractivity contribution in [3.63, 3.8) is 0 Å². The van der Waals surface area contributed by atoms with Gasteiger partial charge in [-0.15, -0.1) is 0 Å². The standard InChI is InChI=1S/C16H21BN2O3/c1-10-18-13-9-11(7-8-12(13)14(20)19(10)6)17-21-15(2,3)16(4,5)22-17/h7-9H,1-6H3. The topological polar surface area (TPSA) is 53.4 Å². The van der Waals surface area contributed by atoms with Crippen LogP contribution in [-0.2, 0) is 16.4 Å². The third-order valence-electron chi connectivity index (χ3n) is 4.85. The van der Waals surface area contributed by atoms with Gasteiger partial charge in [0, 0.05) is 7.05 Å². The summed E-state index contributed by atoms with van der Waals surface area (Å²) in [6, 6.07) is 5.55. The molecular formula is C16H21BN2O3. The van der Waals surface area contributed by atoms with Crippen LogP contribution in [0, 0.1) is 6.92 Å². The maximum absolute atomic E-state index is 12.2. The van der Waals surface area contributed by atoms with Gasteiger partial charge in [-0.1, -0.05) is 6.07 Å². The number of benzene rings is 1. The Labute approximate surface area is 130 Å². The molecule has 2 aromatic rings. The van der Waals surface area contributed by atoms with Crippen LogP contribution >= 0.6 is 0 Å². The molecule has 116 valence electrons. The molecule has 0 unspecified atom stereocenters. The number of hydrogen-bond acceptors (Lipinski definition) is 4. The highest BCUT2D eigenvalue weighted by molar-refractivity contribution is 6.62. The van der Waals surface area contributed by atoms with Crippen LogP contribution in [0.4, 0.5) is 0 Å². The van der Waals surface area contributed by atoms with Crippen LogP contribution in [0.15, 0.2) is 23.0 Å². The summed E-state index contributed by atoms with van der Waals surface area (Å²) in [5.74, 6) is 0.684. The SMILES string of the molecule is Cc1nc2cc(B3OC(C)(C)C(C)(C)O3)ccc2c(=O)n1C. The highest BCUT2D eigenvalue weighted by atomic mass is 16.7. The highest BCUT2D eigenvalue weighted by Gasteiger charge is 2.51. The smallest absolute Gasteiger partial charge is 0.399 e. The van der Waals surface area contributed by atoms with Gasteiger partial charge in [0.15, 0.2) is 0 Å². The minimum atomic E-state index is -0.444. The molecule has 2 heterocycles. The fraction of sp³-hybridized carbons (Fsp3) is 0.500. The van der Waals surface area contributed by atoms with Crippen molar-refractivity contribution in [1.82, 2.24) is 9.55 Å². The van der Waals surface area contributed by atoms with E-state index in [0.717, 1.165) is 5.46 Å². The molecule has 0 aliphatic carbocycles. The molecule has 0 amide bonds. The molecule has 0 radical (unpaired) electrons. The average Bonchev–Trinajstić information content (AvgIpc) is 2.64. The van der Waals surface area contributed by atoms with Crippen LogP contribution in [0.2, 0.25) is 0 Å². The number of aryl methyl sites for hydroxylation is 1. The van der Waals surface area contributed by atoms with Crippen molar-refractivity contribution >= 4 is 23.5 Å². The molecule has 22 heavy (non-hydrogen) atoms. The van der Waals surface area contributed by atoms with E-state index in [0.29, 0.717) is 16.7 Å². The summed E-state index contributed by atoms with van der Waals surface area (Å²) < 4.78 is 13.7. The molecule has 1 aromatic carbocycles. The molecule has 0 saturated carbocycles. The number of rotatable bonds is 1. The number of aromatic nitrogens is 2. The van der Waals surface area contributed by atoms with Crippen LogP contribution in [0.3, 0.4) is 0 Å². The van der Waals surface area contributed by atoms with E-state index in [1.165, 1.54) is 0 Å². The second kappa shape index (κ2) is 4.67. The second-order valence-corrected chi connectivity index (χ2v) is 6.89. The summed E-state index contributed by atoms with van der Waals surface area (Å²) in [5.41, 5.74) is 0.744. The number of fused-ring (bicyclic) bond motifs is 1. The van der Waals surface area contributed by atoms with Crippen LogP contribution in [-0.4, -0.2) is 27.9 Å². The van der Waals surface area contributed by atoms with Gasteiger partial charge in [0.05, 0.1) is 22.1 Å². The normalized spacial score (nSPS) is 19.8. The molecule has 1 aromatic heterocycles. The summed E-state index contributed by atoms with van der Waals surface area (Å²) in [6.07, 6.45) is 0. The van der Waals surface area contributed by atoms with Crippen LogP contribution < -0.4 is 11.0 Å². The summed E-state index contributed by atoms with van der Waals surface area (Å²) in [6.45, 7) is 9.90. The Bertz CT molecular complexity index is 795. The Morgan fingerprint density at radius 2 is 1.73 bits per heavy atom. The molecule has 1 saturated heterocycles. The van der Waals surface area contributed by atoms with Crippen molar-refractivity contribution in [2.24, 2.45) is 7.05 Å². The fourth-order valence-electron chi connectivity index (χ4n) is 2.52. The van der Waals surface area contributed by atoms with Gasteiger partial charge in [0.2, 0.25) is 0 Å². The largest absolute Gasteiger partial charge is 0.494 e. The van der Waals surface area contributed by atoms with Gasteiger partial charge < -0.3 is 9.31 Å². The van der Waals surface area contributed by atoms with Gasteiger partial charge in [-0.2, -0.15) is 0 Å². The van der Waals surface area contributed by atoms with Crippen molar-refractivity contribution < 1.29 is 9.31 Å². The predicted molar refractivity (Wildman–Crippen MR) is 87.4 cm³/mol. The van der Waals surface area contributed by atoms with Gasteiger partial charge in [-0.25, -0.2) is 4.98 Å². The first-order valence-corrected chi connectivity index (χ1v) is 7.45. The molecule has 1 aliphatic rings. The zero-order valence-electron chi connectivity index (χ0n) is 13.9. The van der Waals surface area contributed by atoms with Gasteiger partial charge in [0.25, 0.3) is 5.56 Å². The van der Waals surface area contributed by atoms with Gasteiger partial charge >= 0.3 is 7.12 Å². The van der Waals surface area contributed by atoms with E-state index < -0.39 is 7.12 Å². The number of hydrogen-bond donors (Lipinski definition) is 0. The van der Waals surface area contributed by atoms with E-state index in [9.17, 15) is 4.79 Å². The molecule has 0 atom stereocenters. The summed E-state index contributed by atoms with van der Waals surface area (Å²) >= 11 is 0. The lowest BCUT2D eigenvalue weighted by atomic mass is 9.79. The summed E-state index contributed by atoms with van der Waals surface area (Å²) in [4.78, 5) is 16.7. The molecule has 3 rings (SSSR count). The Kier molecular flexibility index (Phi) is 3.24. The molecule has 6 heteroatoms. The van der Waals surface area contributed by atoms with Crippen LogP contribution in [0.25, 0.3) is 10.9 Å². The summed E-state index contributed by atoms with van der Waals surface area (Å²) in [7, 11) is 1.28. The minimum Gasteiger partial charge on any atom is -0.399 e. The van der Waals surface area contributed by atoms with Crippen LogP contribution in [0.5, 0.6) is 0 Å². The zero-order chi connectivity index (χ0) is 16.3. The third kappa shape index (κ3) is 2.18. The first kappa shape index (κ1) is 15.2. The molecule has 1 fully saturated rings. The quantitative estimate of drug-likeness (QED) is 0.750. The predicted octanol–water partition coefficient (Wildman–Crippen LogP) is 1.54. The fourth-order valence-corrected chi connectivity index (χ4v) is 2.52. The lowest BCUT2D eigenvalue weighted by Crippen LogP contribution is -2.41. The van der Waals surface area contributed by atoms with Crippen molar-refractivity contribution in [2.45, 2.75) is 45.8 Å². The monoisotopic (exact) mass is 300 g/mol. The summed E-state index contributed by atoms with van der Waals surface area (Å²) in [5, 5.41) is 0.605. The van der Waals surface area contributed by atoms with Crippen molar-refractivity contribution in [1.29, 1.82) is 0 Å². The first-order chi connectivity index (χ1) is 10.1. The van der Waals surface area contributed by atoms with E-state index in [1.54, 1.807) is 17.7 Å². The molecule has 0 spiro atoms. The Hall–Kier alpha value is -1.66. The Morgan fingerprint density at radius 3 is 2.32 bits per heavy atom. The average molecular weight is 300 g/mol. The van der Waals surface area contributed by atoms with Crippen LogP contribution in [0.1, 0.15) is 33.5 Å². The minimum absolute atomic E-state index is 0.0389. The third-order valence-corrected chi connectivity index (χ3v) is 4.85. The second-order valence-electron chi connectivity index (χ2n) is 6.89. The first-order valence-electron chi connectivity index (χ1n) is 7.45. The highest BCUT2D eigenvalue weighted by Crippen LogP contribution is 2.36. The maximum atomic E-state index is 12.2. The lowest BCUT2D eigenvalue weighted by Gasteiger charge is -2.32. The van der Waals surface area contributed by atoms with Gasteiger partial charge in [-0.3, -0.25) is 9.36 Å². The van der Waals surface area contributed by atoms with Crippen molar-refractivity contribution in [3.8, 4) is 0 Å². The Balaban J connectivity index is 2.08. The molecular weight excluding hydrogens is 279 g/mol. The van der Waals surface area contributed by atoms with Gasteiger partial charge in [0.1, 0.15) is 5.82 Å². The van der Waals surface area contributed by atoms with E-state index in [-0.39, 0.29) is 16.8 Å². The van der Waals surface area contributed by atoms with E-state index in [2.05, 4.69) is 4.98 Å². The molecule has 1 aliphatic heterocycles.